The maximum atomic E-state index is 5.40. The molecule has 100 valence electrons. The first kappa shape index (κ1) is 13.1. The maximum Gasteiger partial charge on any atom is 0.0605 e. The highest BCUT2D eigenvalue weighted by Gasteiger charge is 2.19. The molecule has 0 spiro atoms. The molecular formula is C14H23N3O. The number of anilines is 2. The minimum atomic E-state index is 0.426. The normalized spacial score (nSPS) is 16.9. The third-order valence-corrected chi connectivity index (χ3v) is 3.44. The van der Waals surface area contributed by atoms with Gasteiger partial charge in [0.2, 0.25) is 0 Å². The maximum absolute atomic E-state index is 5.40. The summed E-state index contributed by atoms with van der Waals surface area (Å²) in [6, 6.07) is 2.19. The Balaban J connectivity index is 1.96. The van der Waals surface area contributed by atoms with Crippen molar-refractivity contribution in [2.45, 2.75) is 32.3 Å². The third-order valence-electron chi connectivity index (χ3n) is 3.44. The fourth-order valence-corrected chi connectivity index (χ4v) is 2.32. The van der Waals surface area contributed by atoms with Crippen molar-refractivity contribution in [1.82, 2.24) is 4.98 Å². The largest absolute Gasteiger partial charge is 0.384 e. The second kappa shape index (κ2) is 6.59. The third kappa shape index (κ3) is 3.35. The van der Waals surface area contributed by atoms with Crippen molar-refractivity contribution in [1.29, 1.82) is 0 Å². The van der Waals surface area contributed by atoms with Crippen LogP contribution >= 0.6 is 0 Å². The fraction of sp³-hybridized carbons (Fsp3) is 0.643. The number of methoxy groups -OCH3 is 1. The number of nitrogens with zero attached hydrogens (tertiary/aromatic N) is 2. The van der Waals surface area contributed by atoms with E-state index >= 15 is 0 Å². The standard InChI is InChI=1S/C14H23N3O/c1-3-6-16-12-9-13(11-15-10-12)17-7-4-14(18-2)5-8-17/h9-11,14,16H,3-8H2,1-2H3. The highest BCUT2D eigenvalue weighted by atomic mass is 16.5. The highest BCUT2D eigenvalue weighted by Crippen LogP contribution is 2.22. The highest BCUT2D eigenvalue weighted by molar-refractivity contribution is 5.55. The summed E-state index contributed by atoms with van der Waals surface area (Å²) in [4.78, 5) is 6.71. The molecule has 4 heteroatoms. The molecule has 1 aromatic rings. The molecule has 0 saturated carbocycles. The second-order valence-corrected chi connectivity index (χ2v) is 4.78. The van der Waals surface area contributed by atoms with Crippen molar-refractivity contribution in [3.63, 3.8) is 0 Å². The Kier molecular flexibility index (Phi) is 4.81. The van der Waals surface area contributed by atoms with Crippen LogP contribution in [0.1, 0.15) is 26.2 Å². The lowest BCUT2D eigenvalue weighted by Gasteiger charge is -2.32. The van der Waals surface area contributed by atoms with E-state index in [1.807, 2.05) is 12.4 Å². The average Bonchev–Trinajstić information content (AvgIpc) is 2.45. The summed E-state index contributed by atoms with van der Waals surface area (Å²) >= 11 is 0. The first-order chi connectivity index (χ1) is 8.83. The quantitative estimate of drug-likeness (QED) is 0.870. The lowest BCUT2D eigenvalue weighted by Crippen LogP contribution is -2.36. The van der Waals surface area contributed by atoms with Crippen LogP contribution in [-0.4, -0.2) is 37.8 Å². The van der Waals surface area contributed by atoms with Crippen LogP contribution in [0.2, 0.25) is 0 Å². The topological polar surface area (TPSA) is 37.4 Å². The molecule has 1 aromatic heterocycles. The Bertz CT molecular complexity index is 362. The lowest BCUT2D eigenvalue weighted by atomic mass is 10.1. The Morgan fingerprint density at radius 3 is 2.83 bits per heavy atom. The predicted octanol–water partition coefficient (Wildman–Crippen LogP) is 2.52. The molecule has 0 bridgehead atoms. The monoisotopic (exact) mass is 249 g/mol. The summed E-state index contributed by atoms with van der Waals surface area (Å²) in [5.74, 6) is 0. The van der Waals surface area contributed by atoms with E-state index in [2.05, 4.69) is 28.2 Å². The predicted molar refractivity (Wildman–Crippen MR) is 75.3 cm³/mol. The first-order valence-corrected chi connectivity index (χ1v) is 6.80. The van der Waals surface area contributed by atoms with Gasteiger partial charge in [-0.1, -0.05) is 6.92 Å². The summed E-state index contributed by atoms with van der Waals surface area (Å²) in [6.45, 7) is 5.27. The van der Waals surface area contributed by atoms with Crippen molar-refractivity contribution in [2.24, 2.45) is 0 Å². The molecule has 0 unspecified atom stereocenters. The van der Waals surface area contributed by atoms with E-state index in [-0.39, 0.29) is 0 Å². The van der Waals surface area contributed by atoms with Gasteiger partial charge in [-0.2, -0.15) is 0 Å². The molecule has 0 aliphatic carbocycles. The Labute approximate surface area is 109 Å². The van der Waals surface area contributed by atoms with Crippen LogP contribution in [0.5, 0.6) is 0 Å². The number of hydrogen-bond acceptors (Lipinski definition) is 4. The molecule has 2 rings (SSSR count). The molecule has 1 fully saturated rings. The molecule has 4 nitrogen and oxygen atoms in total. The number of hydrogen-bond donors (Lipinski definition) is 1. The van der Waals surface area contributed by atoms with Gasteiger partial charge in [0.05, 0.1) is 29.9 Å². The molecule has 1 aliphatic heterocycles. The van der Waals surface area contributed by atoms with Crippen molar-refractivity contribution >= 4 is 11.4 Å². The number of aromatic nitrogens is 1. The first-order valence-electron chi connectivity index (χ1n) is 6.80. The van der Waals surface area contributed by atoms with E-state index in [0.29, 0.717) is 6.10 Å². The van der Waals surface area contributed by atoms with E-state index in [0.717, 1.165) is 44.6 Å². The Hall–Kier alpha value is -1.29. The number of rotatable bonds is 5. The summed E-state index contributed by atoms with van der Waals surface area (Å²) < 4.78 is 5.40. The van der Waals surface area contributed by atoms with Crippen LogP contribution in [-0.2, 0) is 4.74 Å². The van der Waals surface area contributed by atoms with Crippen molar-refractivity contribution in [3.8, 4) is 0 Å². The minimum absolute atomic E-state index is 0.426. The van der Waals surface area contributed by atoms with Gasteiger partial charge in [0.25, 0.3) is 0 Å². The van der Waals surface area contributed by atoms with Crippen LogP contribution in [0, 0.1) is 0 Å². The molecular weight excluding hydrogens is 226 g/mol. The smallest absolute Gasteiger partial charge is 0.0605 e. The molecule has 1 saturated heterocycles. The Morgan fingerprint density at radius 1 is 1.39 bits per heavy atom. The molecule has 0 atom stereocenters. The summed E-state index contributed by atoms with van der Waals surface area (Å²) in [7, 11) is 1.80. The molecule has 0 amide bonds. The van der Waals surface area contributed by atoms with Crippen LogP contribution in [0.25, 0.3) is 0 Å². The molecule has 1 aliphatic rings. The number of ether oxygens (including phenoxy) is 1. The van der Waals surface area contributed by atoms with E-state index in [1.165, 1.54) is 5.69 Å². The average molecular weight is 249 g/mol. The lowest BCUT2D eigenvalue weighted by molar-refractivity contribution is 0.0819. The van der Waals surface area contributed by atoms with Gasteiger partial charge in [0.1, 0.15) is 0 Å². The van der Waals surface area contributed by atoms with Crippen molar-refractivity contribution in [3.05, 3.63) is 18.5 Å². The zero-order valence-corrected chi connectivity index (χ0v) is 11.4. The van der Waals surface area contributed by atoms with Gasteiger partial charge in [-0.3, -0.25) is 4.98 Å². The van der Waals surface area contributed by atoms with Crippen LogP contribution in [0.3, 0.4) is 0 Å². The summed E-state index contributed by atoms with van der Waals surface area (Å²) in [5, 5.41) is 3.38. The van der Waals surface area contributed by atoms with Gasteiger partial charge in [-0.15, -0.1) is 0 Å². The minimum Gasteiger partial charge on any atom is -0.384 e. The van der Waals surface area contributed by atoms with Gasteiger partial charge < -0.3 is 15.0 Å². The van der Waals surface area contributed by atoms with Gasteiger partial charge >= 0.3 is 0 Å². The van der Waals surface area contributed by atoms with Crippen LogP contribution < -0.4 is 10.2 Å². The summed E-state index contributed by atoms with van der Waals surface area (Å²) in [5.41, 5.74) is 2.33. The van der Waals surface area contributed by atoms with Crippen LogP contribution in [0.4, 0.5) is 11.4 Å². The van der Waals surface area contributed by atoms with E-state index in [1.54, 1.807) is 7.11 Å². The molecule has 2 heterocycles. The number of nitrogens with one attached hydrogen (secondary N) is 1. The number of pyridine rings is 1. The Morgan fingerprint density at radius 2 is 2.17 bits per heavy atom. The van der Waals surface area contributed by atoms with Gasteiger partial charge in [-0.05, 0) is 25.3 Å². The molecule has 1 N–H and O–H groups in total. The SMILES string of the molecule is CCCNc1cncc(N2CCC(OC)CC2)c1. The summed E-state index contributed by atoms with van der Waals surface area (Å²) in [6.07, 6.45) is 7.59. The molecule has 0 aromatic carbocycles. The van der Waals surface area contributed by atoms with E-state index in [9.17, 15) is 0 Å². The zero-order chi connectivity index (χ0) is 12.8. The van der Waals surface area contributed by atoms with Crippen molar-refractivity contribution in [2.75, 3.05) is 37.0 Å². The van der Waals surface area contributed by atoms with Crippen molar-refractivity contribution < 1.29 is 4.74 Å². The second-order valence-electron chi connectivity index (χ2n) is 4.78. The van der Waals surface area contributed by atoms with E-state index in [4.69, 9.17) is 4.74 Å². The zero-order valence-electron chi connectivity index (χ0n) is 11.4. The fourth-order valence-electron chi connectivity index (χ4n) is 2.32. The van der Waals surface area contributed by atoms with Gasteiger partial charge in [0.15, 0.2) is 0 Å². The van der Waals surface area contributed by atoms with Crippen LogP contribution in [0.15, 0.2) is 18.5 Å². The molecule has 18 heavy (non-hydrogen) atoms. The molecule has 0 radical (unpaired) electrons. The van der Waals surface area contributed by atoms with Gasteiger partial charge in [0, 0.05) is 26.7 Å². The van der Waals surface area contributed by atoms with E-state index < -0.39 is 0 Å². The number of piperidine rings is 1. The van der Waals surface area contributed by atoms with Gasteiger partial charge in [-0.25, -0.2) is 0 Å².